The van der Waals surface area contributed by atoms with E-state index in [1.54, 1.807) is 34.5 Å². The van der Waals surface area contributed by atoms with E-state index in [1.165, 1.54) is 6.07 Å². The van der Waals surface area contributed by atoms with Crippen molar-refractivity contribution in [3.63, 3.8) is 0 Å². The Balaban J connectivity index is 1.81. The van der Waals surface area contributed by atoms with Crippen molar-refractivity contribution in [2.75, 3.05) is 26.3 Å². The van der Waals surface area contributed by atoms with E-state index in [0.29, 0.717) is 42.7 Å². The fourth-order valence-electron chi connectivity index (χ4n) is 3.61. The number of hydrogen-bond acceptors (Lipinski definition) is 8. The van der Waals surface area contributed by atoms with E-state index < -0.39 is 0 Å². The third-order valence-corrected chi connectivity index (χ3v) is 5.52. The highest BCUT2D eigenvalue weighted by Gasteiger charge is 2.20. The van der Waals surface area contributed by atoms with Crippen molar-refractivity contribution in [3.8, 4) is 5.75 Å². The van der Waals surface area contributed by atoms with Gasteiger partial charge in [-0.05, 0) is 26.7 Å². The summed E-state index contributed by atoms with van der Waals surface area (Å²) in [6, 6.07) is 1.50. The Morgan fingerprint density at radius 1 is 1.38 bits per heavy atom. The predicted octanol–water partition coefficient (Wildman–Crippen LogP) is 3.11. The summed E-state index contributed by atoms with van der Waals surface area (Å²) in [5.74, 6) is 1.08. The summed E-state index contributed by atoms with van der Waals surface area (Å²) in [5, 5.41) is 19.7. The number of rotatable bonds is 11. The third kappa shape index (κ3) is 6.26. The number of hydrazone groups is 1. The molecule has 9 nitrogen and oxygen atoms in total. The van der Waals surface area contributed by atoms with Gasteiger partial charge in [-0.2, -0.15) is 10.2 Å². The number of nitrogens with zero attached hydrogens (tertiary/aromatic N) is 6. The smallest absolute Gasteiger partial charge is 0.203 e. The van der Waals surface area contributed by atoms with Crippen LogP contribution in [0.2, 0.25) is 0 Å². The number of likely N-dealkylation sites (N-methyl/N-ethyl adjacent to an activating group) is 1. The second-order valence-electron chi connectivity index (χ2n) is 7.83. The van der Waals surface area contributed by atoms with E-state index in [4.69, 9.17) is 9.84 Å². The van der Waals surface area contributed by atoms with Crippen molar-refractivity contribution >= 4 is 17.5 Å². The Kier molecular flexibility index (Phi) is 8.86. The summed E-state index contributed by atoms with van der Waals surface area (Å²) in [6.45, 7) is 11.5. The molecular weight excluding hydrogens is 432 g/mol. The molecule has 1 atom stereocenters. The predicted molar refractivity (Wildman–Crippen MR) is 134 cm³/mol. The minimum atomic E-state index is -0.183. The van der Waals surface area contributed by atoms with E-state index in [1.807, 2.05) is 26.8 Å². The molecule has 0 amide bonds. The van der Waals surface area contributed by atoms with Gasteiger partial charge in [0.1, 0.15) is 5.69 Å². The SMILES string of the molecule is C=C(C=NN(CC)CCO)n1ccc(=O)c(C(C)C2=CC(c3ncc(OCC)cn3)=CCC2)n1. The maximum atomic E-state index is 12.7. The molecule has 9 heteroatoms. The maximum Gasteiger partial charge on any atom is 0.203 e. The zero-order valence-electron chi connectivity index (χ0n) is 20.0. The lowest BCUT2D eigenvalue weighted by molar-refractivity contribution is 0.208. The molecule has 0 spiro atoms. The number of aliphatic hydroxyl groups is 1. The van der Waals surface area contributed by atoms with E-state index in [2.05, 4.69) is 32.8 Å². The van der Waals surface area contributed by atoms with Gasteiger partial charge in [0.15, 0.2) is 11.6 Å². The summed E-state index contributed by atoms with van der Waals surface area (Å²) in [6.07, 6.45) is 12.3. The lowest BCUT2D eigenvalue weighted by Gasteiger charge is -2.20. The summed E-state index contributed by atoms with van der Waals surface area (Å²) in [5.41, 5.74) is 2.85. The second-order valence-corrected chi connectivity index (χ2v) is 7.83. The van der Waals surface area contributed by atoms with Crippen LogP contribution in [0.25, 0.3) is 11.3 Å². The summed E-state index contributed by atoms with van der Waals surface area (Å²) in [4.78, 5) is 21.5. The van der Waals surface area contributed by atoms with Crippen LogP contribution in [0.1, 0.15) is 51.0 Å². The fraction of sp³-hybridized carbons (Fsp3) is 0.400. The minimum absolute atomic E-state index is 0.0167. The topological polar surface area (TPSA) is 106 Å². The zero-order valence-corrected chi connectivity index (χ0v) is 20.0. The number of aliphatic hydroxyl groups excluding tert-OH is 1. The van der Waals surface area contributed by atoms with Gasteiger partial charge in [0.25, 0.3) is 0 Å². The Bertz CT molecular complexity index is 1130. The van der Waals surface area contributed by atoms with Crippen molar-refractivity contribution in [2.24, 2.45) is 5.10 Å². The molecule has 1 N–H and O–H groups in total. The molecular formula is C25H32N6O3. The standard InChI is InChI=1S/C25H32N6O3/c1-5-30(12-13-32)28-15-18(3)31-11-10-23(33)24(29-31)19(4)20-8-7-9-21(14-20)25-26-16-22(17-27-25)34-6-2/h9-11,14-17,19,32H,3,5-8,12-13H2,1-2,4H3. The molecule has 1 aliphatic carbocycles. The Labute approximate surface area is 199 Å². The molecule has 0 aliphatic heterocycles. The Morgan fingerprint density at radius 2 is 2.15 bits per heavy atom. The highest BCUT2D eigenvalue weighted by atomic mass is 16.5. The van der Waals surface area contributed by atoms with Crippen LogP contribution in [0.4, 0.5) is 0 Å². The van der Waals surface area contributed by atoms with Crippen molar-refractivity contribution < 1.29 is 9.84 Å². The Morgan fingerprint density at radius 3 is 2.82 bits per heavy atom. The molecule has 1 aliphatic rings. The first-order valence-electron chi connectivity index (χ1n) is 11.5. The van der Waals surface area contributed by atoms with Crippen LogP contribution in [0.15, 0.2) is 58.9 Å². The lowest BCUT2D eigenvalue weighted by Crippen LogP contribution is -2.22. The van der Waals surface area contributed by atoms with Gasteiger partial charge in [-0.1, -0.05) is 31.2 Å². The number of hydrogen-bond donors (Lipinski definition) is 1. The van der Waals surface area contributed by atoms with Crippen LogP contribution in [0.5, 0.6) is 5.75 Å². The minimum Gasteiger partial charge on any atom is -0.491 e. The normalized spacial score (nSPS) is 14.5. The van der Waals surface area contributed by atoms with Gasteiger partial charge >= 0.3 is 0 Å². The van der Waals surface area contributed by atoms with Crippen LogP contribution < -0.4 is 10.2 Å². The summed E-state index contributed by atoms with van der Waals surface area (Å²) in [7, 11) is 0. The quantitative estimate of drug-likeness (QED) is 0.402. The van der Waals surface area contributed by atoms with Crippen molar-refractivity contribution in [1.29, 1.82) is 0 Å². The molecule has 3 rings (SSSR count). The van der Waals surface area contributed by atoms with Gasteiger partial charge in [0.2, 0.25) is 5.43 Å². The average molecular weight is 465 g/mol. The van der Waals surface area contributed by atoms with Gasteiger partial charge in [-0.25, -0.2) is 14.6 Å². The van der Waals surface area contributed by atoms with E-state index in [-0.39, 0.29) is 18.0 Å². The monoisotopic (exact) mass is 464 g/mol. The molecule has 2 aromatic heterocycles. The van der Waals surface area contributed by atoms with Crippen LogP contribution in [0.3, 0.4) is 0 Å². The molecule has 2 aromatic rings. The molecule has 0 fully saturated rings. The van der Waals surface area contributed by atoms with E-state index in [0.717, 1.165) is 24.0 Å². The average Bonchev–Trinajstić information content (AvgIpc) is 2.87. The molecule has 0 saturated heterocycles. The molecule has 0 aromatic carbocycles. The molecule has 34 heavy (non-hydrogen) atoms. The van der Waals surface area contributed by atoms with Crippen molar-refractivity contribution in [2.45, 2.75) is 39.5 Å². The number of allylic oxidation sites excluding steroid dienone is 5. The molecule has 0 saturated carbocycles. The first kappa shape index (κ1) is 25.0. The van der Waals surface area contributed by atoms with Gasteiger partial charge < -0.3 is 9.84 Å². The third-order valence-electron chi connectivity index (χ3n) is 5.52. The summed E-state index contributed by atoms with van der Waals surface area (Å²) < 4.78 is 6.98. The van der Waals surface area contributed by atoms with Gasteiger partial charge in [0.05, 0.1) is 44.1 Å². The zero-order chi connectivity index (χ0) is 24.5. The van der Waals surface area contributed by atoms with Crippen molar-refractivity contribution in [3.05, 3.63) is 70.7 Å². The molecule has 0 radical (unpaired) electrons. The first-order valence-corrected chi connectivity index (χ1v) is 11.5. The largest absolute Gasteiger partial charge is 0.491 e. The first-order chi connectivity index (χ1) is 16.5. The van der Waals surface area contributed by atoms with Crippen LogP contribution in [-0.2, 0) is 0 Å². The molecule has 0 bridgehead atoms. The molecule has 2 heterocycles. The highest BCUT2D eigenvalue weighted by molar-refractivity contribution is 6.00. The van der Waals surface area contributed by atoms with Gasteiger partial charge in [-0.3, -0.25) is 9.80 Å². The molecule has 180 valence electrons. The highest BCUT2D eigenvalue weighted by Crippen LogP contribution is 2.31. The van der Waals surface area contributed by atoms with Crippen LogP contribution in [0, 0.1) is 0 Å². The van der Waals surface area contributed by atoms with E-state index >= 15 is 0 Å². The number of aromatic nitrogens is 4. The second kappa shape index (κ2) is 12.0. The van der Waals surface area contributed by atoms with Crippen LogP contribution >= 0.6 is 0 Å². The Hall–Kier alpha value is -3.59. The lowest BCUT2D eigenvalue weighted by atomic mass is 9.88. The molecule has 1 unspecified atom stereocenters. The number of ether oxygens (including phenoxy) is 1. The van der Waals surface area contributed by atoms with Gasteiger partial charge in [-0.15, -0.1) is 0 Å². The van der Waals surface area contributed by atoms with Crippen molar-refractivity contribution in [1.82, 2.24) is 24.8 Å². The van der Waals surface area contributed by atoms with Gasteiger partial charge in [0, 0.05) is 30.3 Å². The fourth-order valence-corrected chi connectivity index (χ4v) is 3.61. The summed E-state index contributed by atoms with van der Waals surface area (Å²) >= 11 is 0. The van der Waals surface area contributed by atoms with E-state index in [9.17, 15) is 4.79 Å². The maximum absolute atomic E-state index is 12.7. The van der Waals surface area contributed by atoms with Crippen LogP contribution in [-0.4, -0.2) is 62.4 Å².